The number of tetrazole rings is 1. The van der Waals surface area contributed by atoms with Crippen LogP contribution in [-0.2, 0) is 20.0 Å². The Morgan fingerprint density at radius 3 is 2.45 bits per heavy atom. The molecule has 2 heterocycles. The first-order valence-corrected chi connectivity index (χ1v) is 11.6. The number of anilines is 1. The number of aromatic amines is 1. The number of benzene rings is 1. The van der Waals surface area contributed by atoms with Crippen molar-refractivity contribution in [2.75, 3.05) is 18.9 Å². The zero-order valence-corrected chi connectivity index (χ0v) is 17.4. The third-order valence-corrected chi connectivity index (χ3v) is 6.82. The van der Waals surface area contributed by atoms with Gasteiger partial charge in [0.05, 0.1) is 23.9 Å². The van der Waals surface area contributed by atoms with Crippen molar-refractivity contribution < 1.29 is 21.9 Å². The van der Waals surface area contributed by atoms with Crippen molar-refractivity contribution in [3.8, 4) is 22.6 Å². The number of sulfonamides is 2. The molecule has 0 saturated carbocycles. The number of pyridine rings is 1. The first-order valence-electron chi connectivity index (χ1n) is 8.58. The Morgan fingerprint density at radius 1 is 1.16 bits per heavy atom. The molecule has 14 nitrogen and oxygen atoms in total. The maximum Gasteiger partial charge on any atom is 0.242 e. The van der Waals surface area contributed by atoms with Crippen LogP contribution in [0.1, 0.15) is 0 Å². The minimum Gasteiger partial charge on any atom is -0.395 e. The summed E-state index contributed by atoms with van der Waals surface area (Å²) >= 11 is 0. The molecule has 0 aliphatic carbocycles. The molecule has 31 heavy (non-hydrogen) atoms. The van der Waals surface area contributed by atoms with Gasteiger partial charge in [0.15, 0.2) is 0 Å². The van der Waals surface area contributed by atoms with Crippen molar-refractivity contribution in [3.63, 3.8) is 0 Å². The number of nitrogen functional groups attached to an aromatic ring is 1. The summed E-state index contributed by atoms with van der Waals surface area (Å²) in [4.78, 5) is 2.68. The second-order valence-electron chi connectivity index (χ2n) is 6.28. The van der Waals surface area contributed by atoms with Crippen LogP contribution in [-0.4, -0.2) is 66.7 Å². The van der Waals surface area contributed by atoms with E-state index in [9.17, 15) is 21.9 Å². The third-order valence-electron chi connectivity index (χ3n) is 4.14. The zero-order chi connectivity index (χ0) is 22.8. The summed E-state index contributed by atoms with van der Waals surface area (Å²) in [5.74, 6) is -0.0985. The van der Waals surface area contributed by atoms with Gasteiger partial charge in [-0.3, -0.25) is 0 Å². The van der Waals surface area contributed by atoms with E-state index >= 15 is 0 Å². The number of nitrogens with zero attached hydrogens (tertiary/aromatic N) is 4. The Morgan fingerprint density at radius 2 is 1.90 bits per heavy atom. The number of hydrogen-bond donors (Lipinski definition) is 6. The number of primary sulfonamides is 1. The maximum atomic E-state index is 13.0. The topological polar surface area (TPSA) is 246 Å². The molecule has 9 N–H and O–H groups in total. The number of H-pyrrole nitrogens is 1. The maximum absolute atomic E-state index is 13.0. The number of hydrogen-bond acceptors (Lipinski definition) is 11. The number of rotatable bonds is 8. The summed E-state index contributed by atoms with van der Waals surface area (Å²) in [7, 11) is -9.16. The van der Waals surface area contributed by atoms with Gasteiger partial charge in [-0.15, -0.1) is 10.2 Å². The highest BCUT2D eigenvalue weighted by Crippen LogP contribution is 2.38. The molecule has 3 rings (SSSR count). The van der Waals surface area contributed by atoms with E-state index in [0.717, 1.165) is 6.07 Å². The van der Waals surface area contributed by atoms with Gasteiger partial charge in [0, 0.05) is 12.1 Å². The SMILES string of the molecule is NCC(CO)NS(=O)(=O)c1ccc(-c2cccc(N)n2)c(-c2nn[nH]n2)c1S(N)(=O)=O. The van der Waals surface area contributed by atoms with Crippen molar-refractivity contribution in [3.05, 3.63) is 30.3 Å². The molecular weight excluding hydrogens is 450 g/mol. The van der Waals surface area contributed by atoms with Gasteiger partial charge < -0.3 is 16.6 Å². The Balaban J connectivity index is 2.40. The van der Waals surface area contributed by atoms with Crippen LogP contribution in [0, 0.1) is 0 Å². The quantitative estimate of drug-likeness (QED) is 0.206. The van der Waals surface area contributed by atoms with E-state index in [1.54, 1.807) is 6.07 Å². The molecule has 0 aliphatic rings. The average molecular weight is 470 g/mol. The molecule has 0 radical (unpaired) electrons. The van der Waals surface area contributed by atoms with Crippen molar-refractivity contribution >= 4 is 25.9 Å². The first-order chi connectivity index (χ1) is 14.6. The molecule has 0 saturated heterocycles. The second kappa shape index (κ2) is 8.61. The van der Waals surface area contributed by atoms with Crippen LogP contribution in [0.4, 0.5) is 5.82 Å². The van der Waals surface area contributed by atoms with Gasteiger partial charge in [-0.2, -0.15) is 5.21 Å². The zero-order valence-electron chi connectivity index (χ0n) is 15.8. The van der Waals surface area contributed by atoms with Gasteiger partial charge in [0.1, 0.15) is 15.6 Å². The largest absolute Gasteiger partial charge is 0.395 e. The van der Waals surface area contributed by atoms with Gasteiger partial charge in [0.2, 0.25) is 25.9 Å². The van der Waals surface area contributed by atoms with Crippen molar-refractivity contribution in [2.45, 2.75) is 15.8 Å². The van der Waals surface area contributed by atoms with Crippen molar-refractivity contribution in [1.82, 2.24) is 30.3 Å². The molecule has 166 valence electrons. The normalized spacial score (nSPS) is 13.3. The molecule has 0 fully saturated rings. The molecule has 3 aromatic rings. The summed E-state index contributed by atoms with van der Waals surface area (Å²) in [6.45, 7) is -0.840. The van der Waals surface area contributed by atoms with Crippen LogP contribution in [0.15, 0.2) is 40.1 Å². The fourth-order valence-corrected chi connectivity index (χ4v) is 5.65. The van der Waals surface area contributed by atoms with E-state index in [1.165, 1.54) is 18.2 Å². The van der Waals surface area contributed by atoms with Crippen LogP contribution < -0.4 is 21.3 Å². The van der Waals surface area contributed by atoms with E-state index < -0.39 is 42.5 Å². The van der Waals surface area contributed by atoms with Crippen LogP contribution in [0.2, 0.25) is 0 Å². The number of nitrogens with one attached hydrogen (secondary N) is 2. The van der Waals surface area contributed by atoms with E-state index in [4.69, 9.17) is 16.6 Å². The molecule has 2 aromatic heterocycles. The lowest BCUT2D eigenvalue weighted by molar-refractivity contribution is 0.259. The Bertz CT molecular complexity index is 1290. The minimum atomic E-state index is -4.66. The Kier molecular flexibility index (Phi) is 6.30. The van der Waals surface area contributed by atoms with E-state index in [-0.39, 0.29) is 35.0 Å². The highest BCUT2D eigenvalue weighted by molar-refractivity contribution is 7.92. The van der Waals surface area contributed by atoms with Gasteiger partial charge in [-0.25, -0.2) is 31.7 Å². The molecular formula is C15H19N9O5S2. The first kappa shape index (κ1) is 22.7. The lowest BCUT2D eigenvalue weighted by Gasteiger charge is -2.18. The van der Waals surface area contributed by atoms with E-state index in [2.05, 4.69) is 30.3 Å². The van der Waals surface area contributed by atoms with Gasteiger partial charge in [-0.1, -0.05) is 12.1 Å². The fraction of sp³-hybridized carbons (Fsp3) is 0.200. The molecule has 0 bridgehead atoms. The highest BCUT2D eigenvalue weighted by Gasteiger charge is 2.33. The monoisotopic (exact) mass is 469 g/mol. The van der Waals surface area contributed by atoms with Crippen LogP contribution in [0.5, 0.6) is 0 Å². The smallest absolute Gasteiger partial charge is 0.242 e. The number of aliphatic hydroxyl groups excluding tert-OH is 1. The van der Waals surface area contributed by atoms with Crippen LogP contribution in [0.3, 0.4) is 0 Å². The predicted molar refractivity (Wildman–Crippen MR) is 109 cm³/mol. The third kappa shape index (κ3) is 4.68. The number of aromatic nitrogens is 5. The molecule has 1 aromatic carbocycles. The number of nitrogens with two attached hydrogens (primary N) is 3. The lowest BCUT2D eigenvalue weighted by atomic mass is 10.0. The van der Waals surface area contributed by atoms with E-state index in [1.807, 2.05) is 0 Å². The molecule has 16 heteroatoms. The van der Waals surface area contributed by atoms with Crippen molar-refractivity contribution in [1.29, 1.82) is 0 Å². The minimum absolute atomic E-state index is 0.140. The van der Waals surface area contributed by atoms with Gasteiger partial charge >= 0.3 is 0 Å². The average Bonchev–Trinajstić information content (AvgIpc) is 3.25. The molecule has 1 atom stereocenters. The summed E-state index contributed by atoms with van der Waals surface area (Å²) in [5, 5.41) is 27.9. The Labute approximate surface area is 177 Å². The molecule has 0 aliphatic heterocycles. The summed E-state index contributed by atoms with van der Waals surface area (Å²) < 4.78 is 53.2. The van der Waals surface area contributed by atoms with Gasteiger partial charge in [0.25, 0.3) is 0 Å². The molecule has 0 amide bonds. The summed E-state index contributed by atoms with van der Waals surface area (Å²) in [5.41, 5.74) is 11.3. The fourth-order valence-electron chi connectivity index (χ4n) is 2.81. The van der Waals surface area contributed by atoms with E-state index in [0.29, 0.717) is 0 Å². The summed E-state index contributed by atoms with van der Waals surface area (Å²) in [6, 6.07) is 5.92. The predicted octanol–water partition coefficient (Wildman–Crippen LogP) is -2.24. The summed E-state index contributed by atoms with van der Waals surface area (Å²) in [6.07, 6.45) is 0. The second-order valence-corrected chi connectivity index (χ2v) is 9.46. The molecule has 0 spiro atoms. The van der Waals surface area contributed by atoms with Crippen molar-refractivity contribution in [2.24, 2.45) is 10.9 Å². The lowest BCUT2D eigenvalue weighted by Crippen LogP contribution is -2.43. The van der Waals surface area contributed by atoms with Gasteiger partial charge in [-0.05, 0) is 23.4 Å². The molecule has 1 unspecified atom stereocenters. The van der Waals surface area contributed by atoms with Crippen LogP contribution >= 0.6 is 0 Å². The Hall–Kier alpha value is -3.02. The number of aliphatic hydroxyl groups is 1. The standard InChI is InChI=1S/C15H19N9O5S2/c16-6-8(7-25)22-31(28,29)11-5-4-9(10-2-1-3-12(17)19-10)13(14(11)30(18,26)27)15-20-23-24-21-15/h1-5,8,22,25H,6-7,16H2,(H2,17,19)(H2,18,26,27)(H,20,21,23,24). The highest BCUT2D eigenvalue weighted by atomic mass is 32.2. The van der Waals surface area contributed by atoms with Crippen LogP contribution in [0.25, 0.3) is 22.6 Å².